The first-order valence-corrected chi connectivity index (χ1v) is 9.55. The molecule has 8 heteroatoms. The van der Waals surface area contributed by atoms with Crippen molar-refractivity contribution in [2.45, 2.75) is 6.54 Å². The van der Waals surface area contributed by atoms with Gasteiger partial charge in [-0.1, -0.05) is 47.7 Å². The van der Waals surface area contributed by atoms with Crippen molar-refractivity contribution >= 4 is 33.1 Å². The molecule has 7 nitrogen and oxygen atoms in total. The number of ether oxygens (including phenoxy) is 1. The highest BCUT2D eigenvalue weighted by molar-refractivity contribution is 7.20. The summed E-state index contributed by atoms with van der Waals surface area (Å²) < 4.78 is 6.43. The monoisotopic (exact) mass is 405 g/mol. The molecule has 0 saturated heterocycles. The molecule has 0 aliphatic heterocycles. The fourth-order valence-electron chi connectivity index (χ4n) is 2.73. The SMILES string of the molecule is O=C(NCc1ccccc1)c1cccc(Oc2nc3ccc([N+](=O)[O-])cc3s2)c1. The molecule has 1 amide bonds. The summed E-state index contributed by atoms with van der Waals surface area (Å²) in [6.45, 7) is 0.432. The van der Waals surface area contributed by atoms with Crippen molar-refractivity contribution in [3.8, 4) is 10.9 Å². The number of non-ortho nitro benzene ring substituents is 1. The van der Waals surface area contributed by atoms with Crippen LogP contribution in [-0.2, 0) is 6.54 Å². The van der Waals surface area contributed by atoms with Crippen molar-refractivity contribution in [3.05, 3.63) is 94.0 Å². The minimum Gasteiger partial charge on any atom is -0.431 e. The Balaban J connectivity index is 1.48. The number of rotatable bonds is 6. The normalized spacial score (nSPS) is 10.6. The number of carbonyl (C=O) groups excluding carboxylic acids is 1. The third kappa shape index (κ3) is 4.39. The van der Waals surface area contributed by atoms with Crippen LogP contribution in [0.25, 0.3) is 10.2 Å². The highest BCUT2D eigenvalue weighted by Gasteiger charge is 2.12. The second-order valence-electron chi connectivity index (χ2n) is 6.19. The Hall–Kier alpha value is -3.78. The Morgan fingerprint density at radius 1 is 1.07 bits per heavy atom. The fourth-order valence-corrected chi connectivity index (χ4v) is 3.60. The number of benzene rings is 3. The summed E-state index contributed by atoms with van der Waals surface area (Å²) in [5.74, 6) is 0.255. The molecule has 29 heavy (non-hydrogen) atoms. The lowest BCUT2D eigenvalue weighted by atomic mass is 10.2. The molecule has 0 radical (unpaired) electrons. The molecule has 1 N–H and O–H groups in total. The summed E-state index contributed by atoms with van der Waals surface area (Å²) >= 11 is 1.21. The highest BCUT2D eigenvalue weighted by atomic mass is 32.1. The van der Waals surface area contributed by atoms with Gasteiger partial charge in [0.1, 0.15) is 5.75 Å². The molecular weight excluding hydrogens is 390 g/mol. The van der Waals surface area contributed by atoms with Gasteiger partial charge in [0, 0.05) is 24.2 Å². The van der Waals surface area contributed by atoms with Gasteiger partial charge in [-0.2, -0.15) is 0 Å². The first-order chi connectivity index (χ1) is 14.1. The third-order valence-corrected chi connectivity index (χ3v) is 5.06. The van der Waals surface area contributed by atoms with Crippen molar-refractivity contribution in [3.63, 3.8) is 0 Å². The third-order valence-electron chi connectivity index (χ3n) is 4.16. The molecule has 3 aromatic carbocycles. The number of hydrogen-bond acceptors (Lipinski definition) is 6. The molecule has 4 rings (SSSR count). The van der Waals surface area contributed by atoms with E-state index in [0.29, 0.717) is 33.3 Å². The van der Waals surface area contributed by atoms with Gasteiger partial charge in [-0.15, -0.1) is 0 Å². The number of nitro benzene ring substituents is 1. The van der Waals surface area contributed by atoms with Crippen LogP contribution in [0.15, 0.2) is 72.8 Å². The molecule has 0 saturated carbocycles. The Bertz CT molecular complexity index is 1190. The number of fused-ring (bicyclic) bond motifs is 1. The molecule has 144 valence electrons. The lowest BCUT2D eigenvalue weighted by Crippen LogP contribution is -2.22. The van der Waals surface area contributed by atoms with Crippen molar-refractivity contribution in [2.24, 2.45) is 0 Å². The molecule has 0 unspecified atom stereocenters. The Labute approximate surface area is 169 Å². The first-order valence-electron chi connectivity index (χ1n) is 8.73. The molecule has 0 atom stereocenters. The van der Waals surface area contributed by atoms with Gasteiger partial charge in [-0.05, 0) is 29.8 Å². The maximum Gasteiger partial charge on any atom is 0.279 e. The van der Waals surface area contributed by atoms with Gasteiger partial charge < -0.3 is 10.1 Å². The predicted octanol–water partition coefficient (Wildman–Crippen LogP) is 4.93. The Morgan fingerprint density at radius 3 is 2.69 bits per heavy atom. The number of nitro groups is 1. The number of carbonyl (C=O) groups is 1. The zero-order valence-corrected chi connectivity index (χ0v) is 15.9. The quantitative estimate of drug-likeness (QED) is 0.363. The second-order valence-corrected chi connectivity index (χ2v) is 7.18. The summed E-state index contributed by atoms with van der Waals surface area (Å²) in [6, 6.07) is 20.9. The summed E-state index contributed by atoms with van der Waals surface area (Å²) in [6.07, 6.45) is 0. The Kier molecular flexibility index (Phi) is 5.17. The molecular formula is C21H15N3O4S. The van der Waals surface area contributed by atoms with E-state index in [-0.39, 0.29) is 11.6 Å². The van der Waals surface area contributed by atoms with E-state index in [1.165, 1.54) is 23.5 Å². The van der Waals surface area contributed by atoms with Crippen LogP contribution in [-0.4, -0.2) is 15.8 Å². The average Bonchev–Trinajstić information content (AvgIpc) is 3.14. The first kappa shape index (κ1) is 18.6. The highest BCUT2D eigenvalue weighted by Crippen LogP contribution is 2.33. The molecule has 0 bridgehead atoms. The van der Waals surface area contributed by atoms with E-state index < -0.39 is 4.92 Å². The number of nitrogens with zero attached hydrogens (tertiary/aromatic N) is 2. The van der Waals surface area contributed by atoms with Crippen LogP contribution < -0.4 is 10.1 Å². The molecule has 1 heterocycles. The van der Waals surface area contributed by atoms with Crippen molar-refractivity contribution < 1.29 is 14.5 Å². The predicted molar refractivity (Wildman–Crippen MR) is 110 cm³/mol. The van der Waals surface area contributed by atoms with E-state index >= 15 is 0 Å². The van der Waals surface area contributed by atoms with E-state index in [4.69, 9.17) is 4.74 Å². The van der Waals surface area contributed by atoms with Crippen LogP contribution in [0.5, 0.6) is 10.9 Å². The van der Waals surface area contributed by atoms with Crippen LogP contribution >= 0.6 is 11.3 Å². The largest absolute Gasteiger partial charge is 0.431 e. The Morgan fingerprint density at radius 2 is 1.90 bits per heavy atom. The minimum atomic E-state index is -0.447. The summed E-state index contributed by atoms with van der Waals surface area (Å²) in [5.41, 5.74) is 2.10. The van der Waals surface area contributed by atoms with Crippen LogP contribution in [0, 0.1) is 10.1 Å². The average molecular weight is 405 g/mol. The standard InChI is InChI=1S/C21H15N3O4S/c25-20(22-13-14-5-2-1-3-6-14)15-7-4-8-17(11-15)28-21-23-18-10-9-16(24(26)27)12-19(18)29-21/h1-12H,13H2,(H,22,25). The summed E-state index contributed by atoms with van der Waals surface area (Å²) in [7, 11) is 0. The number of hydrogen-bond donors (Lipinski definition) is 1. The number of aromatic nitrogens is 1. The maximum absolute atomic E-state index is 12.4. The van der Waals surface area contributed by atoms with E-state index in [0.717, 1.165) is 5.56 Å². The number of nitrogens with one attached hydrogen (secondary N) is 1. The van der Waals surface area contributed by atoms with Gasteiger partial charge in [0.15, 0.2) is 0 Å². The zero-order chi connectivity index (χ0) is 20.2. The maximum atomic E-state index is 12.4. The molecule has 0 spiro atoms. The van der Waals surface area contributed by atoms with Gasteiger partial charge in [0.2, 0.25) is 0 Å². The van der Waals surface area contributed by atoms with Gasteiger partial charge in [0.05, 0.1) is 15.1 Å². The molecule has 0 aliphatic carbocycles. The van der Waals surface area contributed by atoms with Gasteiger partial charge in [-0.25, -0.2) is 4.98 Å². The smallest absolute Gasteiger partial charge is 0.279 e. The van der Waals surface area contributed by atoms with Gasteiger partial charge in [0.25, 0.3) is 16.8 Å². The lowest BCUT2D eigenvalue weighted by Gasteiger charge is -2.07. The van der Waals surface area contributed by atoms with Gasteiger partial charge >= 0.3 is 0 Å². The number of thiazole rings is 1. The van der Waals surface area contributed by atoms with E-state index in [9.17, 15) is 14.9 Å². The van der Waals surface area contributed by atoms with Crippen LogP contribution in [0.2, 0.25) is 0 Å². The molecule has 1 aromatic heterocycles. The molecule has 4 aromatic rings. The van der Waals surface area contributed by atoms with Crippen molar-refractivity contribution in [2.75, 3.05) is 0 Å². The summed E-state index contributed by atoms with van der Waals surface area (Å²) in [5, 5.41) is 14.1. The topological polar surface area (TPSA) is 94.4 Å². The number of amides is 1. The van der Waals surface area contributed by atoms with E-state index in [1.807, 2.05) is 30.3 Å². The summed E-state index contributed by atoms with van der Waals surface area (Å²) in [4.78, 5) is 27.2. The second kappa shape index (κ2) is 8.07. The van der Waals surface area contributed by atoms with Crippen molar-refractivity contribution in [1.82, 2.24) is 10.3 Å². The minimum absolute atomic E-state index is 0.00443. The van der Waals surface area contributed by atoms with Crippen LogP contribution in [0.3, 0.4) is 0 Å². The van der Waals surface area contributed by atoms with E-state index in [2.05, 4.69) is 10.3 Å². The lowest BCUT2D eigenvalue weighted by molar-refractivity contribution is -0.384. The zero-order valence-electron chi connectivity index (χ0n) is 15.1. The van der Waals surface area contributed by atoms with E-state index in [1.54, 1.807) is 30.3 Å². The van der Waals surface area contributed by atoms with Crippen LogP contribution in [0.1, 0.15) is 15.9 Å². The van der Waals surface area contributed by atoms with Crippen LogP contribution in [0.4, 0.5) is 5.69 Å². The fraction of sp³-hybridized carbons (Fsp3) is 0.0476. The molecule has 0 aliphatic rings. The van der Waals surface area contributed by atoms with Crippen molar-refractivity contribution in [1.29, 1.82) is 0 Å². The van der Waals surface area contributed by atoms with Gasteiger partial charge in [-0.3, -0.25) is 14.9 Å². The molecule has 0 fully saturated rings.